The van der Waals surface area contributed by atoms with Crippen molar-refractivity contribution in [1.82, 2.24) is 10.6 Å². The molecule has 0 aliphatic heterocycles. The molecule has 0 radical (unpaired) electrons. The van der Waals surface area contributed by atoms with Crippen LogP contribution >= 0.6 is 0 Å². The molecule has 0 unspecified atom stereocenters. The Kier molecular flexibility index (Phi) is 11.0. The first-order chi connectivity index (χ1) is 11.6. The summed E-state index contributed by atoms with van der Waals surface area (Å²) >= 11 is 0. The number of amides is 3. The van der Waals surface area contributed by atoms with Gasteiger partial charge in [0.2, 0.25) is 17.7 Å². The molecule has 0 aromatic carbocycles. The fourth-order valence-electron chi connectivity index (χ4n) is 2.24. The van der Waals surface area contributed by atoms with Crippen LogP contribution in [0.4, 0.5) is 0 Å². The Morgan fingerprint density at radius 2 is 1.56 bits per heavy atom. The van der Waals surface area contributed by atoms with Crippen LogP contribution in [-0.2, 0) is 14.4 Å². The highest BCUT2D eigenvalue weighted by Gasteiger charge is 2.28. The number of nitrogens with one attached hydrogen (secondary N) is 2. The minimum atomic E-state index is -1.14. The van der Waals surface area contributed by atoms with E-state index >= 15 is 0 Å². The second kappa shape index (κ2) is 11.8. The van der Waals surface area contributed by atoms with E-state index in [9.17, 15) is 19.5 Å². The van der Waals surface area contributed by atoms with Crippen LogP contribution in [0, 0.1) is 5.92 Å². The maximum absolute atomic E-state index is 12.5. The quantitative estimate of drug-likeness (QED) is 0.227. The van der Waals surface area contributed by atoms with Crippen molar-refractivity contribution in [2.24, 2.45) is 23.1 Å². The summed E-state index contributed by atoms with van der Waals surface area (Å²) in [7, 11) is 0. The topological polar surface area (TPSA) is 174 Å². The van der Waals surface area contributed by atoms with Crippen molar-refractivity contribution in [2.75, 3.05) is 6.54 Å². The SMILES string of the molecule is CC(C)C[C@H](NC(=O)[C@@H](N)[C@@H](C)O)C(=O)N[C@@H](CCCCN)C(N)=O. The standard InChI is InChI=1S/C16H33N5O4/c1-9(2)8-12(21-16(25)13(18)10(3)22)15(24)20-11(14(19)23)6-4-5-7-17/h9-13,22H,4-8,17-18H2,1-3H3,(H2,19,23)(H,20,24)(H,21,25)/t10-,11+,12+,13+/m1/s1. The lowest BCUT2D eigenvalue weighted by Gasteiger charge is -2.25. The highest BCUT2D eigenvalue weighted by molar-refractivity contribution is 5.92. The van der Waals surface area contributed by atoms with Gasteiger partial charge in [0.15, 0.2) is 0 Å². The molecule has 9 N–H and O–H groups in total. The second-order valence-corrected chi connectivity index (χ2v) is 6.71. The van der Waals surface area contributed by atoms with Gasteiger partial charge in [-0.15, -0.1) is 0 Å². The molecule has 0 aromatic heterocycles. The van der Waals surface area contributed by atoms with Crippen LogP contribution in [0.1, 0.15) is 46.5 Å². The average Bonchev–Trinajstić information content (AvgIpc) is 2.51. The Bertz CT molecular complexity index is 442. The molecule has 25 heavy (non-hydrogen) atoms. The fourth-order valence-corrected chi connectivity index (χ4v) is 2.24. The lowest BCUT2D eigenvalue weighted by molar-refractivity contribution is -0.133. The Hall–Kier alpha value is -1.71. The summed E-state index contributed by atoms with van der Waals surface area (Å²) in [5.74, 6) is -1.66. The molecular formula is C16H33N5O4. The number of nitrogens with two attached hydrogens (primary N) is 3. The Balaban J connectivity index is 4.96. The number of carbonyl (C=O) groups is 3. The molecule has 0 aliphatic carbocycles. The van der Waals surface area contributed by atoms with Crippen molar-refractivity contribution in [2.45, 2.75) is 70.7 Å². The van der Waals surface area contributed by atoms with Crippen LogP contribution in [0.5, 0.6) is 0 Å². The number of unbranched alkanes of at least 4 members (excludes halogenated alkanes) is 1. The van der Waals surface area contributed by atoms with Crippen LogP contribution < -0.4 is 27.8 Å². The van der Waals surface area contributed by atoms with Crippen molar-refractivity contribution >= 4 is 17.7 Å². The summed E-state index contributed by atoms with van der Waals surface area (Å²) in [5.41, 5.74) is 16.3. The molecule has 0 bridgehead atoms. The molecule has 4 atom stereocenters. The van der Waals surface area contributed by atoms with E-state index in [4.69, 9.17) is 17.2 Å². The van der Waals surface area contributed by atoms with Crippen LogP contribution in [0.2, 0.25) is 0 Å². The summed E-state index contributed by atoms with van der Waals surface area (Å²) < 4.78 is 0. The minimum absolute atomic E-state index is 0.114. The molecule has 9 heteroatoms. The fraction of sp³-hybridized carbons (Fsp3) is 0.812. The van der Waals surface area contributed by atoms with E-state index in [1.807, 2.05) is 13.8 Å². The van der Waals surface area contributed by atoms with Gasteiger partial charge in [-0.1, -0.05) is 13.8 Å². The van der Waals surface area contributed by atoms with Crippen molar-refractivity contribution in [3.05, 3.63) is 0 Å². The van der Waals surface area contributed by atoms with Gasteiger partial charge in [-0.05, 0) is 45.1 Å². The van der Waals surface area contributed by atoms with Gasteiger partial charge >= 0.3 is 0 Å². The van der Waals surface area contributed by atoms with Gasteiger partial charge in [0.1, 0.15) is 18.1 Å². The van der Waals surface area contributed by atoms with Gasteiger partial charge < -0.3 is 32.9 Å². The largest absolute Gasteiger partial charge is 0.391 e. The predicted molar refractivity (Wildman–Crippen MR) is 95.1 cm³/mol. The molecule has 0 spiro atoms. The molecule has 3 amide bonds. The molecule has 0 fully saturated rings. The second-order valence-electron chi connectivity index (χ2n) is 6.71. The summed E-state index contributed by atoms with van der Waals surface area (Å²) in [5, 5.41) is 14.5. The van der Waals surface area contributed by atoms with E-state index in [2.05, 4.69) is 10.6 Å². The van der Waals surface area contributed by atoms with Crippen LogP contribution in [0.15, 0.2) is 0 Å². The summed E-state index contributed by atoms with van der Waals surface area (Å²) in [4.78, 5) is 36.1. The first-order valence-electron chi connectivity index (χ1n) is 8.63. The maximum atomic E-state index is 12.5. The Morgan fingerprint density at radius 1 is 1.00 bits per heavy atom. The number of aliphatic hydroxyl groups is 1. The van der Waals surface area contributed by atoms with E-state index in [1.54, 1.807) is 0 Å². The highest BCUT2D eigenvalue weighted by Crippen LogP contribution is 2.07. The van der Waals surface area contributed by atoms with Gasteiger partial charge in [0, 0.05) is 0 Å². The third-order valence-electron chi connectivity index (χ3n) is 3.77. The lowest BCUT2D eigenvalue weighted by atomic mass is 10.0. The third-order valence-corrected chi connectivity index (χ3v) is 3.77. The summed E-state index contributed by atoms with van der Waals surface area (Å²) in [6.07, 6.45) is 1.07. The molecule has 9 nitrogen and oxygen atoms in total. The maximum Gasteiger partial charge on any atom is 0.243 e. The number of carbonyl (C=O) groups excluding carboxylic acids is 3. The van der Waals surface area contributed by atoms with Gasteiger partial charge in [0.25, 0.3) is 0 Å². The van der Waals surface area contributed by atoms with E-state index in [-0.39, 0.29) is 5.92 Å². The number of hydrogen-bond acceptors (Lipinski definition) is 6. The van der Waals surface area contributed by atoms with Crippen LogP contribution in [0.25, 0.3) is 0 Å². The van der Waals surface area contributed by atoms with Crippen molar-refractivity contribution in [1.29, 1.82) is 0 Å². The number of hydrogen-bond donors (Lipinski definition) is 6. The van der Waals surface area contributed by atoms with E-state index in [0.29, 0.717) is 25.8 Å². The van der Waals surface area contributed by atoms with Gasteiger partial charge in [0.05, 0.1) is 6.10 Å². The smallest absolute Gasteiger partial charge is 0.243 e. The van der Waals surface area contributed by atoms with E-state index in [0.717, 1.165) is 6.42 Å². The summed E-state index contributed by atoms with van der Waals surface area (Å²) in [6.45, 7) is 5.67. The molecular weight excluding hydrogens is 326 g/mol. The number of rotatable bonds is 12. The minimum Gasteiger partial charge on any atom is -0.391 e. The van der Waals surface area contributed by atoms with E-state index in [1.165, 1.54) is 6.92 Å². The number of aliphatic hydroxyl groups excluding tert-OH is 1. The number of primary amides is 1. The third kappa shape index (κ3) is 9.37. The van der Waals surface area contributed by atoms with Crippen LogP contribution in [-0.4, -0.2) is 53.6 Å². The molecule has 0 heterocycles. The molecule has 146 valence electrons. The van der Waals surface area contributed by atoms with Crippen molar-refractivity contribution in [3.8, 4) is 0 Å². The monoisotopic (exact) mass is 359 g/mol. The lowest BCUT2D eigenvalue weighted by Crippen LogP contribution is -2.57. The first-order valence-corrected chi connectivity index (χ1v) is 8.63. The molecule has 0 saturated carbocycles. The normalized spacial score (nSPS) is 16.0. The van der Waals surface area contributed by atoms with Gasteiger partial charge in [-0.3, -0.25) is 14.4 Å². The molecule has 0 aliphatic rings. The Labute approximate surface area is 149 Å². The van der Waals surface area contributed by atoms with Crippen molar-refractivity contribution in [3.63, 3.8) is 0 Å². The predicted octanol–water partition coefficient (Wildman–Crippen LogP) is -1.68. The molecule has 0 saturated heterocycles. The molecule has 0 rings (SSSR count). The van der Waals surface area contributed by atoms with Crippen LogP contribution in [0.3, 0.4) is 0 Å². The van der Waals surface area contributed by atoms with E-state index < -0.39 is 42.0 Å². The zero-order valence-corrected chi connectivity index (χ0v) is 15.3. The van der Waals surface area contributed by atoms with Gasteiger partial charge in [-0.25, -0.2) is 0 Å². The zero-order valence-electron chi connectivity index (χ0n) is 15.3. The molecule has 0 aromatic rings. The zero-order chi connectivity index (χ0) is 19.6. The summed E-state index contributed by atoms with van der Waals surface area (Å²) in [6, 6.07) is -2.83. The Morgan fingerprint density at radius 3 is 2.00 bits per heavy atom. The average molecular weight is 359 g/mol. The van der Waals surface area contributed by atoms with Gasteiger partial charge in [-0.2, -0.15) is 0 Å². The highest BCUT2D eigenvalue weighted by atomic mass is 16.3. The first kappa shape index (κ1) is 23.3. The van der Waals surface area contributed by atoms with Crippen molar-refractivity contribution < 1.29 is 19.5 Å².